The SMILES string of the molecule is O=C(Cl)C1CCCN1C(=O)Cc1c[nH]c2ccccc12. The quantitative estimate of drug-likeness (QED) is 0.883. The molecule has 2 aromatic rings. The molecular formula is C15H15ClN2O2. The summed E-state index contributed by atoms with van der Waals surface area (Å²) in [5.74, 6) is -0.0359. The third-order valence-corrected chi connectivity index (χ3v) is 4.10. The van der Waals surface area contributed by atoms with E-state index in [4.69, 9.17) is 11.6 Å². The van der Waals surface area contributed by atoms with Gasteiger partial charge in [-0.2, -0.15) is 0 Å². The topological polar surface area (TPSA) is 53.2 Å². The van der Waals surface area contributed by atoms with E-state index in [0.717, 1.165) is 22.9 Å². The monoisotopic (exact) mass is 290 g/mol. The molecule has 0 aliphatic carbocycles. The van der Waals surface area contributed by atoms with Gasteiger partial charge in [-0.05, 0) is 36.1 Å². The van der Waals surface area contributed by atoms with Gasteiger partial charge in [-0.1, -0.05) is 18.2 Å². The lowest BCUT2D eigenvalue weighted by atomic mass is 10.1. The first-order valence-corrected chi connectivity index (χ1v) is 7.08. The Kier molecular flexibility index (Phi) is 3.49. The molecule has 1 saturated heterocycles. The average Bonchev–Trinajstić information content (AvgIpc) is 3.06. The van der Waals surface area contributed by atoms with E-state index in [-0.39, 0.29) is 5.91 Å². The van der Waals surface area contributed by atoms with Crippen LogP contribution in [0.2, 0.25) is 0 Å². The number of hydrogen-bond donors (Lipinski definition) is 1. The Morgan fingerprint density at radius 2 is 2.15 bits per heavy atom. The molecule has 3 rings (SSSR count). The minimum Gasteiger partial charge on any atom is -0.361 e. The van der Waals surface area contributed by atoms with Gasteiger partial charge >= 0.3 is 0 Å². The first-order chi connectivity index (χ1) is 9.66. The standard InChI is InChI=1S/C15H15ClN2O2/c16-15(20)13-6-3-7-18(13)14(19)8-10-9-17-12-5-2-1-4-11(10)12/h1-2,4-5,9,13,17H,3,6-8H2. The number of benzene rings is 1. The van der Waals surface area contributed by atoms with Crippen molar-refractivity contribution in [2.75, 3.05) is 6.54 Å². The molecule has 1 aliphatic rings. The normalized spacial score (nSPS) is 18.6. The van der Waals surface area contributed by atoms with E-state index in [2.05, 4.69) is 4.98 Å². The molecule has 104 valence electrons. The van der Waals surface area contributed by atoms with Crippen molar-refractivity contribution in [3.63, 3.8) is 0 Å². The third kappa shape index (κ3) is 2.31. The van der Waals surface area contributed by atoms with E-state index in [1.54, 1.807) is 4.90 Å². The van der Waals surface area contributed by atoms with Gasteiger partial charge in [0.2, 0.25) is 11.1 Å². The maximum absolute atomic E-state index is 12.4. The molecule has 1 aromatic heterocycles. The average molecular weight is 291 g/mol. The summed E-state index contributed by atoms with van der Waals surface area (Å²) >= 11 is 5.56. The Bertz CT molecular complexity index is 665. The second kappa shape index (κ2) is 5.29. The Morgan fingerprint density at radius 3 is 2.95 bits per heavy atom. The van der Waals surface area contributed by atoms with Crippen molar-refractivity contribution in [1.82, 2.24) is 9.88 Å². The van der Waals surface area contributed by atoms with E-state index in [9.17, 15) is 9.59 Å². The van der Waals surface area contributed by atoms with Crippen LogP contribution in [0, 0.1) is 0 Å². The number of amides is 1. The maximum Gasteiger partial charge on any atom is 0.244 e. The number of aromatic amines is 1. The molecule has 1 aliphatic heterocycles. The molecule has 1 fully saturated rings. The van der Waals surface area contributed by atoms with Crippen LogP contribution < -0.4 is 0 Å². The highest BCUT2D eigenvalue weighted by atomic mass is 35.5. The highest BCUT2D eigenvalue weighted by molar-refractivity contribution is 6.64. The van der Waals surface area contributed by atoms with E-state index < -0.39 is 11.3 Å². The highest BCUT2D eigenvalue weighted by Crippen LogP contribution is 2.23. The number of nitrogens with one attached hydrogen (secondary N) is 1. The molecule has 0 radical (unpaired) electrons. The second-order valence-electron chi connectivity index (χ2n) is 5.09. The summed E-state index contributed by atoms with van der Waals surface area (Å²) in [5.41, 5.74) is 1.97. The summed E-state index contributed by atoms with van der Waals surface area (Å²) in [6, 6.07) is 7.42. The maximum atomic E-state index is 12.4. The van der Waals surface area contributed by atoms with Crippen molar-refractivity contribution in [2.24, 2.45) is 0 Å². The van der Waals surface area contributed by atoms with Gasteiger partial charge in [-0.3, -0.25) is 9.59 Å². The molecule has 1 amide bonds. The summed E-state index contributed by atoms with van der Waals surface area (Å²) in [6.45, 7) is 0.615. The molecule has 0 bridgehead atoms. The fourth-order valence-corrected chi connectivity index (χ4v) is 3.07. The number of rotatable bonds is 3. The molecule has 1 aromatic carbocycles. The number of halogens is 1. The number of H-pyrrole nitrogens is 1. The number of nitrogens with zero attached hydrogens (tertiary/aromatic N) is 1. The Labute approximate surface area is 121 Å². The van der Waals surface area contributed by atoms with E-state index in [1.807, 2.05) is 30.5 Å². The van der Waals surface area contributed by atoms with Crippen molar-refractivity contribution < 1.29 is 9.59 Å². The van der Waals surface area contributed by atoms with Crippen molar-refractivity contribution >= 4 is 33.7 Å². The Balaban J connectivity index is 1.80. The lowest BCUT2D eigenvalue weighted by Gasteiger charge is -2.21. The number of para-hydroxylation sites is 1. The van der Waals surface area contributed by atoms with E-state index in [1.165, 1.54) is 0 Å². The Hall–Kier alpha value is -1.81. The summed E-state index contributed by atoms with van der Waals surface area (Å²) in [4.78, 5) is 28.5. The number of carbonyl (C=O) groups is 2. The third-order valence-electron chi connectivity index (χ3n) is 3.85. The van der Waals surface area contributed by atoms with Gasteiger partial charge < -0.3 is 9.88 Å². The minimum absolute atomic E-state index is 0.0359. The van der Waals surface area contributed by atoms with Crippen LogP contribution in [-0.4, -0.2) is 33.6 Å². The van der Waals surface area contributed by atoms with Gasteiger partial charge in [-0.15, -0.1) is 0 Å². The first-order valence-electron chi connectivity index (χ1n) is 6.70. The summed E-state index contributed by atoms with van der Waals surface area (Å²) < 4.78 is 0. The van der Waals surface area contributed by atoms with Gasteiger partial charge in [0.1, 0.15) is 6.04 Å². The predicted molar refractivity (Wildman–Crippen MR) is 77.6 cm³/mol. The van der Waals surface area contributed by atoms with Crippen LogP contribution in [-0.2, 0) is 16.0 Å². The molecule has 1 N–H and O–H groups in total. The number of likely N-dealkylation sites (tertiary alicyclic amines) is 1. The minimum atomic E-state index is -0.450. The van der Waals surface area contributed by atoms with Crippen LogP contribution in [0.3, 0.4) is 0 Å². The molecule has 4 nitrogen and oxygen atoms in total. The summed E-state index contributed by atoms with van der Waals surface area (Å²) in [7, 11) is 0. The lowest BCUT2D eigenvalue weighted by molar-refractivity contribution is -0.134. The highest BCUT2D eigenvalue weighted by Gasteiger charge is 2.33. The van der Waals surface area contributed by atoms with Crippen molar-refractivity contribution in [1.29, 1.82) is 0 Å². The van der Waals surface area contributed by atoms with Crippen LogP contribution in [0.4, 0.5) is 0 Å². The molecule has 2 heterocycles. The van der Waals surface area contributed by atoms with Gasteiger partial charge in [-0.25, -0.2) is 0 Å². The molecule has 5 heteroatoms. The molecular weight excluding hydrogens is 276 g/mol. The van der Waals surface area contributed by atoms with E-state index >= 15 is 0 Å². The zero-order chi connectivity index (χ0) is 14.1. The summed E-state index contributed by atoms with van der Waals surface area (Å²) in [5, 5.41) is 0.614. The number of hydrogen-bond acceptors (Lipinski definition) is 2. The van der Waals surface area contributed by atoms with Gasteiger partial charge in [0.25, 0.3) is 0 Å². The van der Waals surface area contributed by atoms with Gasteiger partial charge in [0.05, 0.1) is 6.42 Å². The van der Waals surface area contributed by atoms with E-state index in [0.29, 0.717) is 19.4 Å². The molecule has 1 atom stereocenters. The van der Waals surface area contributed by atoms with Crippen molar-refractivity contribution in [3.8, 4) is 0 Å². The Morgan fingerprint density at radius 1 is 1.35 bits per heavy atom. The number of carbonyl (C=O) groups excluding carboxylic acids is 2. The summed E-state index contributed by atoms with van der Waals surface area (Å²) in [6.07, 6.45) is 3.66. The van der Waals surface area contributed by atoms with Crippen molar-refractivity contribution in [2.45, 2.75) is 25.3 Å². The van der Waals surface area contributed by atoms with Crippen LogP contribution in [0.5, 0.6) is 0 Å². The zero-order valence-corrected chi connectivity index (χ0v) is 11.7. The molecule has 0 saturated carbocycles. The fraction of sp³-hybridized carbons (Fsp3) is 0.333. The zero-order valence-electron chi connectivity index (χ0n) is 10.9. The van der Waals surface area contributed by atoms with Gasteiger partial charge in [0, 0.05) is 23.6 Å². The van der Waals surface area contributed by atoms with Gasteiger partial charge in [0.15, 0.2) is 0 Å². The van der Waals surface area contributed by atoms with Crippen LogP contribution >= 0.6 is 11.6 Å². The predicted octanol–water partition coefficient (Wildman–Crippen LogP) is 2.47. The second-order valence-corrected chi connectivity index (χ2v) is 5.46. The van der Waals surface area contributed by atoms with Crippen molar-refractivity contribution in [3.05, 3.63) is 36.0 Å². The smallest absolute Gasteiger partial charge is 0.244 e. The van der Waals surface area contributed by atoms with Crippen LogP contribution in [0.1, 0.15) is 18.4 Å². The number of aromatic nitrogens is 1. The van der Waals surface area contributed by atoms with Crippen LogP contribution in [0.15, 0.2) is 30.5 Å². The fourth-order valence-electron chi connectivity index (χ4n) is 2.84. The largest absolute Gasteiger partial charge is 0.361 e. The first kappa shape index (κ1) is 13.2. The number of fused-ring (bicyclic) bond motifs is 1. The molecule has 1 unspecified atom stereocenters. The molecule has 20 heavy (non-hydrogen) atoms. The van der Waals surface area contributed by atoms with Crippen LogP contribution in [0.25, 0.3) is 10.9 Å². The molecule has 0 spiro atoms. The lowest BCUT2D eigenvalue weighted by Crippen LogP contribution is -2.39.